The zero-order valence-electron chi connectivity index (χ0n) is 16.0. The van der Waals surface area contributed by atoms with Crippen LogP contribution in [0.1, 0.15) is 60.8 Å². The van der Waals surface area contributed by atoms with Crippen LogP contribution in [0, 0.1) is 0 Å². The van der Waals surface area contributed by atoms with Gasteiger partial charge in [0.15, 0.2) is 0 Å². The predicted octanol–water partition coefficient (Wildman–Crippen LogP) is 4.79. The van der Waals surface area contributed by atoms with Gasteiger partial charge in [0.05, 0.1) is 7.14 Å². The second kappa shape index (κ2) is 9.14. The zero-order valence-corrected chi connectivity index (χ0v) is 17.9. The molecule has 0 spiro atoms. The molecule has 2 unspecified atom stereocenters. The minimum absolute atomic E-state index is 0.0773. The van der Waals surface area contributed by atoms with Crippen molar-refractivity contribution in [2.24, 2.45) is 0 Å². The van der Waals surface area contributed by atoms with Crippen LogP contribution in [0.4, 0.5) is 0 Å². The van der Waals surface area contributed by atoms with Gasteiger partial charge in [-0.05, 0) is 52.0 Å². The monoisotopic (exact) mass is 364 g/mol. The Kier molecular flexibility index (Phi) is 8.50. The van der Waals surface area contributed by atoms with E-state index in [1.165, 1.54) is 0 Å². The fourth-order valence-corrected chi connectivity index (χ4v) is 13.2. The van der Waals surface area contributed by atoms with Crippen molar-refractivity contribution in [3.63, 3.8) is 0 Å². The summed E-state index contributed by atoms with van der Waals surface area (Å²) in [7, 11) is -4.89. The molecule has 4 nitrogen and oxygen atoms in total. The molecule has 0 N–H and O–H groups in total. The van der Waals surface area contributed by atoms with Crippen LogP contribution in [0.2, 0.25) is 6.04 Å². The first-order valence-corrected chi connectivity index (χ1v) is 13.6. The number of rotatable bonds is 10. The van der Waals surface area contributed by atoms with Crippen LogP contribution in [0.15, 0.2) is 0 Å². The second-order valence-corrected chi connectivity index (χ2v) is 13.5. The summed E-state index contributed by atoms with van der Waals surface area (Å²) in [6.07, 6.45) is 4.32. The predicted molar refractivity (Wildman–Crippen MR) is 100 cm³/mol. The average molecular weight is 365 g/mol. The highest BCUT2D eigenvalue weighted by molar-refractivity contribution is 7.64. The van der Waals surface area contributed by atoms with E-state index >= 15 is 0 Å². The van der Waals surface area contributed by atoms with Gasteiger partial charge in [0, 0.05) is 25.5 Å². The van der Waals surface area contributed by atoms with Gasteiger partial charge in [0.2, 0.25) is 0 Å². The average Bonchev–Trinajstić information content (AvgIpc) is 2.56. The summed E-state index contributed by atoms with van der Waals surface area (Å²) in [5.74, 6) is 0. The van der Waals surface area contributed by atoms with Crippen LogP contribution in [-0.2, 0) is 18.2 Å². The molecule has 0 aromatic heterocycles. The molecule has 2 atom stereocenters. The van der Waals surface area contributed by atoms with Crippen molar-refractivity contribution in [2.75, 3.05) is 32.1 Å². The molecular formula is C17H37O4PSi. The fourth-order valence-electron chi connectivity index (χ4n) is 4.47. The zero-order chi connectivity index (χ0) is 17.6. The lowest BCUT2D eigenvalue weighted by Gasteiger charge is -2.54. The summed E-state index contributed by atoms with van der Waals surface area (Å²) in [5, 5.41) is -0.479. The summed E-state index contributed by atoms with van der Waals surface area (Å²) in [6, 6.07) is 0.951. The quantitative estimate of drug-likeness (QED) is 0.413. The van der Waals surface area contributed by atoms with Crippen LogP contribution in [-0.4, -0.2) is 51.6 Å². The first kappa shape index (κ1) is 21.4. The first-order valence-electron chi connectivity index (χ1n) is 9.45. The maximum Gasteiger partial charge on any atom is 0.372 e. The normalized spacial score (nSPS) is 28.0. The Labute approximate surface area is 144 Å². The van der Waals surface area contributed by atoms with Gasteiger partial charge in [-0.15, -0.1) is 0 Å². The molecule has 0 bridgehead atoms. The molecule has 0 amide bonds. The Balaban J connectivity index is 3.48. The molecule has 0 aliphatic carbocycles. The summed E-state index contributed by atoms with van der Waals surface area (Å²) in [4.78, 5) is 0. The Morgan fingerprint density at radius 3 is 1.96 bits per heavy atom. The molecule has 138 valence electrons. The summed E-state index contributed by atoms with van der Waals surface area (Å²) < 4.78 is 32.8. The third-order valence-corrected chi connectivity index (χ3v) is 14.3. The third-order valence-electron chi connectivity index (χ3n) is 5.49. The van der Waals surface area contributed by atoms with E-state index in [1.54, 1.807) is 0 Å². The Morgan fingerprint density at radius 2 is 1.57 bits per heavy atom. The van der Waals surface area contributed by atoms with Crippen molar-refractivity contribution in [3.05, 3.63) is 0 Å². The van der Waals surface area contributed by atoms with E-state index in [4.69, 9.17) is 13.6 Å². The smallest absolute Gasteiger partial charge is 0.372 e. The largest absolute Gasteiger partial charge is 0.393 e. The number of hydrogen-bond donors (Lipinski definition) is 0. The van der Waals surface area contributed by atoms with Crippen molar-refractivity contribution < 1.29 is 18.2 Å². The maximum absolute atomic E-state index is 13.7. The molecule has 0 aromatic carbocycles. The SMILES string of the molecule is CCOC1(CC)C(P(=O)(CC)CC)CCC[Si]1(OCC)OCC. The number of hydrogen-bond acceptors (Lipinski definition) is 4. The van der Waals surface area contributed by atoms with Crippen LogP contribution < -0.4 is 0 Å². The minimum atomic E-state index is -2.58. The standard InChI is InChI=1S/C17H37O4PSi/c1-7-17(19-8-2)16(22(18,11-5)12-6)14-13-15-23(17,20-9-3)21-10-4/h16H,7-15H2,1-6H3. The van der Waals surface area contributed by atoms with Crippen LogP contribution in [0.5, 0.6) is 0 Å². The van der Waals surface area contributed by atoms with Crippen LogP contribution >= 0.6 is 7.14 Å². The molecule has 0 saturated carbocycles. The van der Waals surface area contributed by atoms with Gasteiger partial charge in [-0.3, -0.25) is 0 Å². The number of ether oxygens (including phenoxy) is 1. The van der Waals surface area contributed by atoms with Crippen LogP contribution in [0.25, 0.3) is 0 Å². The lowest BCUT2D eigenvalue weighted by atomic mass is 10.1. The van der Waals surface area contributed by atoms with Crippen molar-refractivity contribution in [1.82, 2.24) is 0 Å². The Hall–Kier alpha value is 0.327. The molecule has 1 aliphatic rings. The highest BCUT2D eigenvalue weighted by Gasteiger charge is 2.66. The molecular weight excluding hydrogens is 327 g/mol. The van der Waals surface area contributed by atoms with E-state index in [-0.39, 0.29) is 5.66 Å². The van der Waals surface area contributed by atoms with Gasteiger partial charge in [0.25, 0.3) is 0 Å². The topological polar surface area (TPSA) is 44.8 Å². The van der Waals surface area contributed by atoms with Crippen molar-refractivity contribution >= 4 is 15.7 Å². The van der Waals surface area contributed by atoms with E-state index in [9.17, 15) is 4.57 Å². The highest BCUT2D eigenvalue weighted by Crippen LogP contribution is 2.61. The molecule has 1 heterocycles. The third kappa shape index (κ3) is 3.79. The molecule has 0 radical (unpaired) electrons. The molecule has 1 fully saturated rings. The Morgan fingerprint density at radius 1 is 1.00 bits per heavy atom. The first-order chi connectivity index (χ1) is 11.0. The van der Waals surface area contributed by atoms with Gasteiger partial charge >= 0.3 is 8.56 Å². The summed E-state index contributed by atoms with van der Waals surface area (Å²) >= 11 is 0. The molecule has 1 rings (SSSR count). The van der Waals surface area contributed by atoms with E-state index in [0.29, 0.717) is 19.8 Å². The van der Waals surface area contributed by atoms with Crippen molar-refractivity contribution in [1.29, 1.82) is 0 Å². The van der Waals surface area contributed by atoms with Gasteiger partial charge in [-0.1, -0.05) is 27.2 Å². The molecule has 23 heavy (non-hydrogen) atoms. The summed E-state index contributed by atoms with van der Waals surface area (Å²) in [6.45, 7) is 14.3. The van der Waals surface area contributed by atoms with Gasteiger partial charge < -0.3 is 18.2 Å². The van der Waals surface area contributed by atoms with Gasteiger partial charge in [-0.25, -0.2) is 0 Å². The second-order valence-electron chi connectivity index (χ2n) is 6.29. The molecule has 1 saturated heterocycles. The van der Waals surface area contributed by atoms with Gasteiger partial charge in [-0.2, -0.15) is 0 Å². The van der Waals surface area contributed by atoms with E-state index in [1.807, 2.05) is 20.8 Å². The minimum Gasteiger partial charge on any atom is -0.393 e. The molecule has 6 heteroatoms. The lowest BCUT2D eigenvalue weighted by Crippen LogP contribution is -2.71. The van der Waals surface area contributed by atoms with Crippen molar-refractivity contribution in [3.8, 4) is 0 Å². The Bertz CT molecular complexity index is 385. The van der Waals surface area contributed by atoms with Crippen molar-refractivity contribution in [2.45, 2.75) is 77.7 Å². The molecule has 1 aliphatic heterocycles. The lowest BCUT2D eigenvalue weighted by molar-refractivity contribution is -0.0405. The highest BCUT2D eigenvalue weighted by atomic mass is 31.2. The summed E-state index contributed by atoms with van der Waals surface area (Å²) in [5.41, 5.74) is 0.0773. The molecule has 0 aromatic rings. The maximum atomic E-state index is 13.7. The van der Waals surface area contributed by atoms with Crippen LogP contribution in [0.3, 0.4) is 0 Å². The van der Waals surface area contributed by atoms with E-state index in [2.05, 4.69) is 20.8 Å². The fraction of sp³-hybridized carbons (Fsp3) is 1.00. The van der Waals surface area contributed by atoms with Gasteiger partial charge in [0.1, 0.15) is 5.22 Å². The van der Waals surface area contributed by atoms with E-state index < -0.39 is 20.9 Å². The van der Waals surface area contributed by atoms with E-state index in [0.717, 1.165) is 37.6 Å².